The minimum atomic E-state index is 0.701. The molecule has 0 bridgehead atoms. The first kappa shape index (κ1) is 9.30. The highest BCUT2D eigenvalue weighted by atomic mass is 14.9. The molecule has 0 spiro atoms. The van der Waals surface area contributed by atoms with Crippen molar-refractivity contribution in [2.24, 2.45) is 5.92 Å². The third-order valence-electron chi connectivity index (χ3n) is 2.44. The predicted molar refractivity (Wildman–Crippen MR) is 52.5 cm³/mol. The van der Waals surface area contributed by atoms with E-state index in [2.05, 4.69) is 12.2 Å². The van der Waals surface area contributed by atoms with Crippen LogP contribution in [0.3, 0.4) is 0 Å². The molecule has 0 unspecified atom stereocenters. The zero-order chi connectivity index (χ0) is 8.81. The van der Waals surface area contributed by atoms with Crippen LogP contribution in [0.25, 0.3) is 0 Å². The third kappa shape index (κ3) is 2.36. The topological polar surface area (TPSA) is 35.9 Å². The Morgan fingerprint density at radius 1 is 1.50 bits per heavy atom. The van der Waals surface area contributed by atoms with E-state index >= 15 is 0 Å². The van der Waals surface area contributed by atoms with Gasteiger partial charge in [-0.25, -0.2) is 0 Å². The van der Waals surface area contributed by atoms with Gasteiger partial charge in [0.1, 0.15) is 0 Å². The molecule has 2 heteroatoms. The molecule has 0 aromatic carbocycles. The second-order valence-electron chi connectivity index (χ2n) is 3.30. The summed E-state index contributed by atoms with van der Waals surface area (Å²) in [5, 5.41) is 10.4. The number of hydrogen-bond donors (Lipinski definition) is 2. The Balaban J connectivity index is 2.51. The van der Waals surface area contributed by atoms with Crippen LogP contribution in [-0.2, 0) is 0 Å². The molecule has 0 amide bonds. The molecule has 0 heterocycles. The molecule has 2 nitrogen and oxygen atoms in total. The van der Waals surface area contributed by atoms with Crippen LogP contribution < -0.4 is 5.32 Å². The van der Waals surface area contributed by atoms with Crippen molar-refractivity contribution >= 4 is 6.21 Å². The summed E-state index contributed by atoms with van der Waals surface area (Å²) in [6.45, 7) is 3.07. The van der Waals surface area contributed by atoms with E-state index in [-0.39, 0.29) is 0 Å². The zero-order valence-electron chi connectivity index (χ0n) is 7.77. The first-order valence-corrected chi connectivity index (χ1v) is 4.83. The predicted octanol–water partition coefficient (Wildman–Crippen LogP) is 2.32. The normalized spacial score (nSPS) is 19.6. The second-order valence-corrected chi connectivity index (χ2v) is 3.30. The van der Waals surface area contributed by atoms with Crippen molar-refractivity contribution in [2.75, 3.05) is 6.54 Å². The van der Waals surface area contributed by atoms with E-state index in [1.165, 1.54) is 37.6 Å². The van der Waals surface area contributed by atoms with E-state index in [0.29, 0.717) is 5.92 Å². The van der Waals surface area contributed by atoms with E-state index in [4.69, 9.17) is 5.41 Å². The van der Waals surface area contributed by atoms with Gasteiger partial charge in [-0.15, -0.1) is 0 Å². The van der Waals surface area contributed by atoms with Crippen LogP contribution >= 0.6 is 0 Å². The van der Waals surface area contributed by atoms with E-state index in [0.717, 1.165) is 6.54 Å². The first-order chi connectivity index (χ1) is 5.88. The van der Waals surface area contributed by atoms with Gasteiger partial charge >= 0.3 is 0 Å². The summed E-state index contributed by atoms with van der Waals surface area (Å²) in [5.41, 5.74) is 1.27. The van der Waals surface area contributed by atoms with Crippen molar-refractivity contribution in [1.29, 1.82) is 5.41 Å². The Labute approximate surface area is 74.6 Å². The lowest BCUT2D eigenvalue weighted by molar-refractivity contribution is 0.585. The van der Waals surface area contributed by atoms with Crippen molar-refractivity contribution in [2.45, 2.75) is 32.6 Å². The largest absolute Gasteiger partial charge is 0.388 e. The lowest BCUT2D eigenvalue weighted by Gasteiger charge is -2.14. The van der Waals surface area contributed by atoms with Crippen molar-refractivity contribution in [3.05, 3.63) is 11.8 Å². The van der Waals surface area contributed by atoms with Gasteiger partial charge in [0.15, 0.2) is 0 Å². The summed E-state index contributed by atoms with van der Waals surface area (Å²) in [5.74, 6) is 0.701. The highest BCUT2D eigenvalue weighted by Crippen LogP contribution is 2.29. The highest BCUT2D eigenvalue weighted by Gasteiger charge is 2.18. The molecule has 0 radical (unpaired) electrons. The molecule has 1 aliphatic rings. The van der Waals surface area contributed by atoms with E-state index in [9.17, 15) is 0 Å². The van der Waals surface area contributed by atoms with Gasteiger partial charge in [0.05, 0.1) is 0 Å². The van der Waals surface area contributed by atoms with Crippen LogP contribution in [0.4, 0.5) is 0 Å². The van der Waals surface area contributed by atoms with Crippen LogP contribution in [-0.4, -0.2) is 12.8 Å². The molecular weight excluding hydrogens is 148 g/mol. The summed E-state index contributed by atoms with van der Waals surface area (Å²) < 4.78 is 0. The molecule has 2 N–H and O–H groups in total. The Morgan fingerprint density at radius 3 is 2.67 bits per heavy atom. The third-order valence-corrected chi connectivity index (χ3v) is 2.44. The fourth-order valence-electron chi connectivity index (χ4n) is 1.87. The zero-order valence-corrected chi connectivity index (χ0v) is 7.77. The van der Waals surface area contributed by atoms with Gasteiger partial charge in [0.25, 0.3) is 0 Å². The van der Waals surface area contributed by atoms with E-state index in [1.807, 2.05) is 6.08 Å². The Bertz CT molecular complexity index is 167. The molecule has 0 saturated heterocycles. The quantitative estimate of drug-likeness (QED) is 0.618. The molecule has 0 aliphatic heterocycles. The van der Waals surface area contributed by atoms with Crippen molar-refractivity contribution in [3.63, 3.8) is 0 Å². The molecule has 1 aliphatic carbocycles. The van der Waals surface area contributed by atoms with Gasteiger partial charge in [0, 0.05) is 18.5 Å². The molecule has 1 saturated carbocycles. The summed E-state index contributed by atoms with van der Waals surface area (Å²) in [6.07, 6.45) is 8.59. The SMILES string of the molecule is CCN/C(=C\C=N)C1CCCC1. The maximum atomic E-state index is 7.03. The van der Waals surface area contributed by atoms with Gasteiger partial charge in [-0.2, -0.15) is 0 Å². The van der Waals surface area contributed by atoms with Crippen molar-refractivity contribution < 1.29 is 0 Å². The Hall–Kier alpha value is -0.790. The molecular formula is C10H18N2. The summed E-state index contributed by atoms with van der Waals surface area (Å²) in [6, 6.07) is 0. The molecule has 1 fully saturated rings. The summed E-state index contributed by atoms with van der Waals surface area (Å²) in [4.78, 5) is 0. The maximum absolute atomic E-state index is 7.03. The van der Waals surface area contributed by atoms with Crippen LogP contribution in [0.2, 0.25) is 0 Å². The maximum Gasteiger partial charge on any atom is 0.0195 e. The van der Waals surface area contributed by atoms with Gasteiger partial charge in [-0.1, -0.05) is 12.8 Å². The molecule has 1 rings (SSSR count). The van der Waals surface area contributed by atoms with Gasteiger partial charge in [-0.05, 0) is 31.8 Å². The monoisotopic (exact) mass is 166 g/mol. The van der Waals surface area contributed by atoms with E-state index in [1.54, 1.807) is 0 Å². The number of rotatable bonds is 4. The number of hydrogen-bond acceptors (Lipinski definition) is 2. The van der Waals surface area contributed by atoms with Crippen molar-refractivity contribution in [3.8, 4) is 0 Å². The lowest BCUT2D eigenvalue weighted by Crippen LogP contribution is -2.18. The summed E-state index contributed by atoms with van der Waals surface area (Å²) in [7, 11) is 0. The smallest absolute Gasteiger partial charge is 0.0195 e. The highest BCUT2D eigenvalue weighted by molar-refractivity contribution is 5.68. The van der Waals surface area contributed by atoms with E-state index < -0.39 is 0 Å². The van der Waals surface area contributed by atoms with Gasteiger partial charge in [-0.3, -0.25) is 0 Å². The standard InChI is InChI=1S/C10H18N2/c1-2-12-10(7-8-11)9-5-3-4-6-9/h7-9,11-12H,2-6H2,1H3/b10-7-,11-8?. The average molecular weight is 166 g/mol. The van der Waals surface area contributed by atoms with Crippen LogP contribution in [0.15, 0.2) is 11.8 Å². The molecule has 0 aromatic heterocycles. The lowest BCUT2D eigenvalue weighted by atomic mass is 10.0. The van der Waals surface area contributed by atoms with Crippen LogP contribution in [0.5, 0.6) is 0 Å². The fraction of sp³-hybridized carbons (Fsp3) is 0.700. The molecule has 0 atom stereocenters. The fourth-order valence-corrected chi connectivity index (χ4v) is 1.87. The van der Waals surface area contributed by atoms with Crippen LogP contribution in [0.1, 0.15) is 32.6 Å². The molecule has 0 aromatic rings. The minimum absolute atomic E-state index is 0.701. The molecule has 68 valence electrons. The average Bonchev–Trinajstić information content (AvgIpc) is 2.56. The Kier molecular flexibility index (Phi) is 3.85. The molecule has 12 heavy (non-hydrogen) atoms. The van der Waals surface area contributed by atoms with Crippen molar-refractivity contribution in [1.82, 2.24) is 5.32 Å². The summed E-state index contributed by atoms with van der Waals surface area (Å²) >= 11 is 0. The first-order valence-electron chi connectivity index (χ1n) is 4.83. The number of nitrogens with one attached hydrogen (secondary N) is 2. The second kappa shape index (κ2) is 4.96. The van der Waals surface area contributed by atoms with Gasteiger partial charge < -0.3 is 10.7 Å². The number of allylic oxidation sites excluding steroid dienone is 2. The van der Waals surface area contributed by atoms with Crippen LogP contribution in [0, 0.1) is 11.3 Å². The minimum Gasteiger partial charge on any atom is -0.388 e. The Morgan fingerprint density at radius 2 is 2.17 bits per heavy atom. The van der Waals surface area contributed by atoms with Gasteiger partial charge in [0.2, 0.25) is 0 Å².